The lowest BCUT2D eigenvalue weighted by Gasteiger charge is -2.18. The maximum absolute atomic E-state index is 12.2. The number of hydrogen-bond acceptors (Lipinski definition) is 6. The van der Waals surface area contributed by atoms with Crippen LogP contribution in [0.2, 0.25) is 0 Å². The average Bonchev–Trinajstić information content (AvgIpc) is 3.45. The SMILES string of the molecule is C=CC(=O)N1CCC(n2c(C)c(C#Cc3cc(OC)cc(OC)c3)c3c(N)ncc(C#N)c32)C1. The zero-order valence-electron chi connectivity index (χ0n) is 19.4. The number of carbonyl (C=O) groups is 1. The Morgan fingerprint density at radius 2 is 1.97 bits per heavy atom. The van der Waals surface area contributed by atoms with Crippen molar-refractivity contribution in [3.8, 4) is 29.4 Å². The van der Waals surface area contributed by atoms with Gasteiger partial charge in [-0.3, -0.25) is 4.79 Å². The maximum Gasteiger partial charge on any atom is 0.246 e. The molecule has 0 saturated carbocycles. The van der Waals surface area contributed by atoms with Crippen LogP contribution in [-0.4, -0.2) is 47.7 Å². The van der Waals surface area contributed by atoms with E-state index in [2.05, 4.69) is 34.0 Å². The Hall–Kier alpha value is -4.43. The summed E-state index contributed by atoms with van der Waals surface area (Å²) in [6.45, 7) is 6.67. The van der Waals surface area contributed by atoms with E-state index in [9.17, 15) is 10.1 Å². The van der Waals surface area contributed by atoms with Gasteiger partial charge in [0, 0.05) is 36.6 Å². The number of nitrogen functional groups attached to an aromatic ring is 1. The van der Waals surface area contributed by atoms with Crippen LogP contribution in [0.15, 0.2) is 37.1 Å². The van der Waals surface area contributed by atoms with Crippen molar-refractivity contribution < 1.29 is 14.3 Å². The lowest BCUT2D eigenvalue weighted by molar-refractivity contribution is -0.125. The fraction of sp³-hybridized carbons (Fsp3) is 0.269. The molecule has 1 aliphatic rings. The van der Waals surface area contributed by atoms with Gasteiger partial charge in [-0.15, -0.1) is 0 Å². The predicted molar refractivity (Wildman–Crippen MR) is 130 cm³/mol. The molecule has 1 aliphatic heterocycles. The summed E-state index contributed by atoms with van der Waals surface area (Å²) in [4.78, 5) is 18.2. The van der Waals surface area contributed by atoms with Crippen molar-refractivity contribution in [2.75, 3.05) is 33.0 Å². The van der Waals surface area contributed by atoms with Crippen molar-refractivity contribution in [1.29, 1.82) is 5.26 Å². The van der Waals surface area contributed by atoms with Gasteiger partial charge in [-0.1, -0.05) is 18.4 Å². The molecule has 3 aromatic rings. The number of carbonyl (C=O) groups excluding carboxylic acids is 1. The number of benzene rings is 1. The molecule has 1 amide bonds. The maximum atomic E-state index is 12.2. The molecule has 34 heavy (non-hydrogen) atoms. The minimum Gasteiger partial charge on any atom is -0.497 e. The van der Waals surface area contributed by atoms with E-state index in [1.54, 1.807) is 25.2 Å². The lowest BCUT2D eigenvalue weighted by Crippen LogP contribution is -2.27. The van der Waals surface area contributed by atoms with Crippen LogP contribution in [0.3, 0.4) is 0 Å². The van der Waals surface area contributed by atoms with Crippen molar-refractivity contribution in [1.82, 2.24) is 14.5 Å². The van der Waals surface area contributed by atoms with Crippen LogP contribution in [0.25, 0.3) is 10.9 Å². The van der Waals surface area contributed by atoms with E-state index >= 15 is 0 Å². The number of pyridine rings is 1. The van der Waals surface area contributed by atoms with Gasteiger partial charge < -0.3 is 24.7 Å². The highest BCUT2D eigenvalue weighted by atomic mass is 16.5. The normalized spacial score (nSPS) is 14.9. The summed E-state index contributed by atoms with van der Waals surface area (Å²) in [6, 6.07) is 7.63. The molecule has 2 aromatic heterocycles. The number of fused-ring (bicyclic) bond motifs is 1. The molecule has 4 rings (SSSR count). The fourth-order valence-corrected chi connectivity index (χ4v) is 4.47. The van der Waals surface area contributed by atoms with Gasteiger partial charge in [-0.25, -0.2) is 4.98 Å². The van der Waals surface area contributed by atoms with E-state index in [0.29, 0.717) is 58.0 Å². The number of aromatic nitrogens is 2. The van der Waals surface area contributed by atoms with E-state index in [-0.39, 0.29) is 11.9 Å². The van der Waals surface area contributed by atoms with E-state index in [1.165, 1.54) is 12.3 Å². The molecule has 1 fully saturated rings. The van der Waals surface area contributed by atoms with Crippen molar-refractivity contribution in [2.24, 2.45) is 0 Å². The van der Waals surface area contributed by atoms with Crippen LogP contribution in [0.4, 0.5) is 5.82 Å². The highest BCUT2D eigenvalue weighted by Crippen LogP contribution is 2.36. The van der Waals surface area contributed by atoms with Gasteiger partial charge in [0.25, 0.3) is 0 Å². The summed E-state index contributed by atoms with van der Waals surface area (Å²) in [6.07, 6.45) is 3.56. The van der Waals surface area contributed by atoms with E-state index < -0.39 is 0 Å². The Balaban J connectivity index is 1.90. The molecule has 3 heterocycles. The number of nitriles is 1. The van der Waals surface area contributed by atoms with Crippen molar-refractivity contribution in [2.45, 2.75) is 19.4 Å². The average molecular weight is 456 g/mol. The first-order valence-corrected chi connectivity index (χ1v) is 10.8. The van der Waals surface area contributed by atoms with Crippen molar-refractivity contribution >= 4 is 22.6 Å². The van der Waals surface area contributed by atoms with Gasteiger partial charge in [0.2, 0.25) is 5.91 Å². The monoisotopic (exact) mass is 455 g/mol. The molecule has 8 nitrogen and oxygen atoms in total. The van der Waals surface area contributed by atoms with Crippen LogP contribution in [0.5, 0.6) is 11.5 Å². The smallest absolute Gasteiger partial charge is 0.246 e. The molecule has 1 saturated heterocycles. The van der Waals surface area contributed by atoms with Crippen LogP contribution >= 0.6 is 0 Å². The van der Waals surface area contributed by atoms with E-state index in [0.717, 1.165) is 12.1 Å². The van der Waals surface area contributed by atoms with Crippen LogP contribution in [-0.2, 0) is 4.79 Å². The predicted octanol–water partition coefficient (Wildman–Crippen LogP) is 3.18. The van der Waals surface area contributed by atoms with Crippen molar-refractivity contribution in [3.05, 3.63) is 59.4 Å². The molecule has 2 N–H and O–H groups in total. The van der Waals surface area contributed by atoms with Gasteiger partial charge in [0.1, 0.15) is 23.4 Å². The van der Waals surface area contributed by atoms with Gasteiger partial charge in [-0.2, -0.15) is 5.26 Å². The quantitative estimate of drug-likeness (QED) is 0.478. The molecule has 0 aliphatic carbocycles. The molecule has 0 bridgehead atoms. The van der Waals surface area contributed by atoms with Crippen molar-refractivity contribution in [3.63, 3.8) is 0 Å². The summed E-state index contributed by atoms with van der Waals surface area (Å²) < 4.78 is 12.8. The summed E-state index contributed by atoms with van der Waals surface area (Å²) in [7, 11) is 3.17. The van der Waals surface area contributed by atoms with Gasteiger partial charge >= 0.3 is 0 Å². The molecule has 0 radical (unpaired) electrons. The largest absolute Gasteiger partial charge is 0.497 e. The molecule has 8 heteroatoms. The Labute approximate surface area is 198 Å². The zero-order chi connectivity index (χ0) is 24.4. The number of ether oxygens (including phenoxy) is 2. The lowest BCUT2D eigenvalue weighted by atomic mass is 10.1. The topological polar surface area (TPSA) is 106 Å². The Kier molecular flexibility index (Phi) is 6.16. The molecule has 0 spiro atoms. The summed E-state index contributed by atoms with van der Waals surface area (Å²) in [5, 5.41) is 10.5. The Bertz CT molecular complexity index is 1380. The first kappa shape index (κ1) is 22.8. The Morgan fingerprint density at radius 1 is 1.26 bits per heavy atom. The van der Waals surface area contributed by atoms with Gasteiger partial charge in [-0.05, 0) is 31.6 Å². The second-order valence-electron chi connectivity index (χ2n) is 8.01. The Morgan fingerprint density at radius 3 is 2.59 bits per heavy atom. The first-order chi connectivity index (χ1) is 16.4. The molecule has 1 aromatic carbocycles. The molecule has 1 unspecified atom stereocenters. The van der Waals surface area contributed by atoms with Crippen LogP contribution in [0.1, 0.15) is 34.8 Å². The molecular weight excluding hydrogens is 430 g/mol. The highest BCUT2D eigenvalue weighted by molar-refractivity contribution is 5.99. The number of nitrogens with zero attached hydrogens (tertiary/aromatic N) is 4. The number of nitrogens with two attached hydrogens (primary N) is 1. The van der Waals surface area contributed by atoms with Crippen LogP contribution < -0.4 is 15.2 Å². The standard InChI is InChI=1S/C26H25N5O3/c1-5-23(32)30-9-8-19(15-30)31-16(2)22(24-25(31)18(13-27)14-29-26(24)28)7-6-17-10-20(33-3)12-21(11-17)34-4/h5,10-12,14,19H,1,8-9,15H2,2-4H3,(H2,28,29). The minimum atomic E-state index is -0.106. The fourth-order valence-electron chi connectivity index (χ4n) is 4.47. The summed E-state index contributed by atoms with van der Waals surface area (Å²) >= 11 is 0. The third-order valence-corrected chi connectivity index (χ3v) is 6.11. The molecule has 172 valence electrons. The summed E-state index contributed by atoms with van der Waals surface area (Å²) in [5.74, 6) is 7.89. The highest BCUT2D eigenvalue weighted by Gasteiger charge is 2.30. The van der Waals surface area contributed by atoms with Gasteiger partial charge in [0.05, 0.1) is 42.3 Å². The third-order valence-electron chi connectivity index (χ3n) is 6.11. The molecular formula is C26H25N5O3. The van der Waals surface area contributed by atoms with E-state index in [4.69, 9.17) is 15.2 Å². The number of amides is 1. The number of methoxy groups -OCH3 is 2. The number of anilines is 1. The van der Waals surface area contributed by atoms with Gasteiger partial charge in [0.15, 0.2) is 0 Å². The number of rotatable bonds is 4. The second-order valence-corrected chi connectivity index (χ2v) is 8.01. The minimum absolute atomic E-state index is 0.0206. The summed E-state index contributed by atoms with van der Waals surface area (Å²) in [5.41, 5.74) is 9.69. The molecule has 1 atom stereocenters. The number of hydrogen-bond donors (Lipinski definition) is 1. The number of likely N-dealkylation sites (tertiary alicyclic amines) is 1. The third kappa shape index (κ3) is 3.91. The van der Waals surface area contributed by atoms with Crippen LogP contribution in [0, 0.1) is 30.1 Å². The second kappa shape index (κ2) is 9.21. The van der Waals surface area contributed by atoms with E-state index in [1.807, 2.05) is 19.1 Å². The first-order valence-electron chi connectivity index (χ1n) is 10.8. The zero-order valence-corrected chi connectivity index (χ0v) is 19.4.